The van der Waals surface area contributed by atoms with Crippen molar-refractivity contribution < 1.29 is 9.47 Å². The standard InChI is InChI=1S/C11H15BrClNO2/c1-14(7-11(15-2)16-3)10-5-4-8(12)6-9(10)13/h4-6,11H,7H2,1-3H3. The maximum absolute atomic E-state index is 6.14. The molecular weight excluding hydrogens is 293 g/mol. The molecule has 0 unspecified atom stereocenters. The molecule has 1 aromatic carbocycles. The fourth-order valence-electron chi connectivity index (χ4n) is 1.36. The minimum atomic E-state index is -0.260. The number of rotatable bonds is 5. The van der Waals surface area contributed by atoms with Crippen molar-refractivity contribution in [3.63, 3.8) is 0 Å². The summed E-state index contributed by atoms with van der Waals surface area (Å²) in [5.41, 5.74) is 0.948. The summed E-state index contributed by atoms with van der Waals surface area (Å²) in [6.07, 6.45) is -0.260. The molecule has 1 rings (SSSR count). The van der Waals surface area contributed by atoms with Gasteiger partial charge in [0.1, 0.15) is 0 Å². The van der Waals surface area contributed by atoms with Crippen LogP contribution in [-0.4, -0.2) is 34.1 Å². The predicted molar refractivity (Wildman–Crippen MR) is 70.2 cm³/mol. The molecule has 0 N–H and O–H groups in total. The van der Waals surface area contributed by atoms with E-state index >= 15 is 0 Å². The Balaban J connectivity index is 2.76. The highest BCUT2D eigenvalue weighted by Gasteiger charge is 2.12. The van der Waals surface area contributed by atoms with Crippen LogP contribution in [0.4, 0.5) is 5.69 Å². The third kappa shape index (κ3) is 3.63. The third-order valence-corrected chi connectivity index (χ3v) is 3.07. The number of methoxy groups -OCH3 is 2. The molecule has 90 valence electrons. The van der Waals surface area contributed by atoms with Crippen LogP contribution in [0.15, 0.2) is 22.7 Å². The van der Waals surface area contributed by atoms with Gasteiger partial charge in [0, 0.05) is 25.7 Å². The van der Waals surface area contributed by atoms with Gasteiger partial charge in [0.15, 0.2) is 6.29 Å². The molecule has 3 nitrogen and oxygen atoms in total. The Labute approximate surface area is 109 Å². The monoisotopic (exact) mass is 307 g/mol. The van der Waals surface area contributed by atoms with E-state index in [0.717, 1.165) is 10.2 Å². The maximum atomic E-state index is 6.14. The Bertz CT molecular complexity index is 345. The van der Waals surface area contributed by atoms with E-state index in [4.69, 9.17) is 21.1 Å². The summed E-state index contributed by atoms with van der Waals surface area (Å²) in [4.78, 5) is 1.99. The van der Waals surface area contributed by atoms with Gasteiger partial charge in [0.2, 0.25) is 0 Å². The lowest BCUT2D eigenvalue weighted by Gasteiger charge is -2.24. The van der Waals surface area contributed by atoms with Gasteiger partial charge in [-0.25, -0.2) is 0 Å². The molecule has 0 aliphatic heterocycles. The number of halogens is 2. The second-order valence-corrected chi connectivity index (χ2v) is 4.70. The van der Waals surface area contributed by atoms with E-state index in [1.54, 1.807) is 14.2 Å². The highest BCUT2D eigenvalue weighted by Crippen LogP contribution is 2.28. The SMILES string of the molecule is COC(CN(C)c1ccc(Br)cc1Cl)OC. The van der Waals surface area contributed by atoms with Gasteiger partial charge >= 0.3 is 0 Å². The molecular formula is C11H15BrClNO2. The van der Waals surface area contributed by atoms with Crippen molar-refractivity contribution in [1.82, 2.24) is 0 Å². The van der Waals surface area contributed by atoms with E-state index in [0.29, 0.717) is 11.6 Å². The summed E-state index contributed by atoms with van der Waals surface area (Å²) in [5.74, 6) is 0. The van der Waals surface area contributed by atoms with Crippen LogP contribution < -0.4 is 4.90 Å². The van der Waals surface area contributed by atoms with Crippen LogP contribution in [0.3, 0.4) is 0 Å². The topological polar surface area (TPSA) is 21.7 Å². The van der Waals surface area contributed by atoms with Crippen molar-refractivity contribution in [1.29, 1.82) is 0 Å². The first-order chi connectivity index (χ1) is 7.58. The van der Waals surface area contributed by atoms with Crippen LogP contribution in [0, 0.1) is 0 Å². The molecule has 0 bridgehead atoms. The van der Waals surface area contributed by atoms with E-state index in [-0.39, 0.29) is 6.29 Å². The molecule has 0 spiro atoms. The van der Waals surface area contributed by atoms with E-state index in [1.165, 1.54) is 0 Å². The number of ether oxygens (including phenoxy) is 2. The highest BCUT2D eigenvalue weighted by molar-refractivity contribution is 9.10. The van der Waals surface area contributed by atoms with Gasteiger partial charge in [-0.2, -0.15) is 0 Å². The largest absolute Gasteiger partial charge is 0.368 e. The molecule has 0 radical (unpaired) electrons. The van der Waals surface area contributed by atoms with E-state index in [2.05, 4.69) is 15.9 Å². The number of likely N-dealkylation sites (N-methyl/N-ethyl adjacent to an activating group) is 1. The van der Waals surface area contributed by atoms with Crippen LogP contribution in [-0.2, 0) is 9.47 Å². The average molecular weight is 309 g/mol. The predicted octanol–water partition coefficient (Wildman–Crippen LogP) is 3.16. The normalized spacial score (nSPS) is 10.9. The Hall–Kier alpha value is -0.290. The van der Waals surface area contributed by atoms with Crippen molar-refractivity contribution in [3.05, 3.63) is 27.7 Å². The van der Waals surface area contributed by atoms with Crippen molar-refractivity contribution in [2.75, 3.05) is 32.7 Å². The Morgan fingerprint density at radius 1 is 1.38 bits per heavy atom. The van der Waals surface area contributed by atoms with Crippen LogP contribution >= 0.6 is 27.5 Å². The van der Waals surface area contributed by atoms with Gasteiger partial charge in [-0.3, -0.25) is 0 Å². The van der Waals surface area contributed by atoms with Gasteiger partial charge in [-0.1, -0.05) is 27.5 Å². The van der Waals surface area contributed by atoms with Crippen LogP contribution in [0.25, 0.3) is 0 Å². The number of anilines is 1. The lowest BCUT2D eigenvalue weighted by molar-refractivity contribution is -0.0944. The lowest BCUT2D eigenvalue weighted by Crippen LogP contribution is -2.31. The fourth-order valence-corrected chi connectivity index (χ4v) is 2.18. The third-order valence-electron chi connectivity index (χ3n) is 2.27. The number of nitrogens with zero attached hydrogens (tertiary/aromatic N) is 1. The van der Waals surface area contributed by atoms with Gasteiger partial charge in [-0.15, -0.1) is 0 Å². The molecule has 0 aliphatic rings. The summed E-state index contributed by atoms with van der Waals surface area (Å²) in [5, 5.41) is 0.697. The molecule has 0 saturated carbocycles. The zero-order valence-corrected chi connectivity index (χ0v) is 11.9. The minimum Gasteiger partial charge on any atom is -0.368 e. The first-order valence-corrected chi connectivity index (χ1v) is 5.97. The molecule has 0 amide bonds. The zero-order valence-electron chi connectivity index (χ0n) is 9.54. The fraction of sp³-hybridized carbons (Fsp3) is 0.455. The van der Waals surface area contributed by atoms with Crippen molar-refractivity contribution >= 4 is 33.2 Å². The lowest BCUT2D eigenvalue weighted by atomic mass is 10.3. The second-order valence-electron chi connectivity index (χ2n) is 3.38. The zero-order chi connectivity index (χ0) is 12.1. The second kappa shape index (κ2) is 6.45. The number of hydrogen-bond acceptors (Lipinski definition) is 3. The number of benzene rings is 1. The molecule has 0 atom stereocenters. The van der Waals surface area contributed by atoms with Gasteiger partial charge in [0.25, 0.3) is 0 Å². The summed E-state index contributed by atoms with van der Waals surface area (Å²) in [7, 11) is 5.18. The quantitative estimate of drug-likeness (QED) is 0.780. The van der Waals surface area contributed by atoms with Crippen molar-refractivity contribution in [2.45, 2.75) is 6.29 Å². The molecule has 0 heterocycles. The van der Waals surface area contributed by atoms with Gasteiger partial charge in [0.05, 0.1) is 17.3 Å². The molecule has 0 fully saturated rings. The summed E-state index contributed by atoms with van der Waals surface area (Å²) in [6, 6.07) is 5.77. The molecule has 5 heteroatoms. The molecule has 0 aromatic heterocycles. The Kier molecular flexibility index (Phi) is 5.55. The van der Waals surface area contributed by atoms with Crippen LogP contribution in [0.1, 0.15) is 0 Å². The van der Waals surface area contributed by atoms with Gasteiger partial charge in [-0.05, 0) is 18.2 Å². The van der Waals surface area contributed by atoms with Crippen LogP contribution in [0.2, 0.25) is 5.02 Å². The summed E-state index contributed by atoms with van der Waals surface area (Å²) < 4.78 is 11.2. The van der Waals surface area contributed by atoms with E-state index < -0.39 is 0 Å². The minimum absolute atomic E-state index is 0.260. The summed E-state index contributed by atoms with van der Waals surface area (Å²) in [6.45, 7) is 0.619. The van der Waals surface area contributed by atoms with E-state index in [9.17, 15) is 0 Å². The van der Waals surface area contributed by atoms with Crippen molar-refractivity contribution in [3.8, 4) is 0 Å². The highest BCUT2D eigenvalue weighted by atomic mass is 79.9. The van der Waals surface area contributed by atoms with Crippen LogP contribution in [0.5, 0.6) is 0 Å². The molecule has 1 aromatic rings. The molecule has 0 saturated heterocycles. The van der Waals surface area contributed by atoms with Crippen molar-refractivity contribution in [2.24, 2.45) is 0 Å². The molecule has 0 aliphatic carbocycles. The van der Waals surface area contributed by atoms with Gasteiger partial charge < -0.3 is 14.4 Å². The first-order valence-electron chi connectivity index (χ1n) is 4.80. The number of hydrogen-bond donors (Lipinski definition) is 0. The smallest absolute Gasteiger partial charge is 0.174 e. The molecule has 16 heavy (non-hydrogen) atoms. The summed E-state index contributed by atoms with van der Waals surface area (Å²) >= 11 is 9.51. The maximum Gasteiger partial charge on any atom is 0.174 e. The Morgan fingerprint density at radius 2 is 2.00 bits per heavy atom. The first kappa shape index (κ1) is 13.8. The Morgan fingerprint density at radius 3 is 2.50 bits per heavy atom. The average Bonchev–Trinajstić information content (AvgIpc) is 2.25. The van der Waals surface area contributed by atoms with E-state index in [1.807, 2.05) is 30.1 Å².